The first-order valence-corrected chi connectivity index (χ1v) is 7.32. The van der Waals surface area contributed by atoms with Crippen LogP contribution in [0.3, 0.4) is 0 Å². The van der Waals surface area contributed by atoms with Crippen LogP contribution in [-0.2, 0) is 16.8 Å². The van der Waals surface area contributed by atoms with Crippen LogP contribution in [0.1, 0.15) is 43.2 Å². The fourth-order valence-corrected chi connectivity index (χ4v) is 3.73. The molecule has 102 valence electrons. The third-order valence-corrected chi connectivity index (χ3v) is 4.72. The molecule has 3 heteroatoms. The molecule has 1 aliphatic carbocycles. The Morgan fingerprint density at radius 1 is 1.11 bits per heavy atom. The van der Waals surface area contributed by atoms with Crippen molar-refractivity contribution in [2.45, 2.75) is 44.1 Å². The van der Waals surface area contributed by atoms with E-state index in [1.165, 1.54) is 18.4 Å². The lowest BCUT2D eigenvalue weighted by molar-refractivity contribution is -0.152. The van der Waals surface area contributed by atoms with Crippen molar-refractivity contribution in [2.24, 2.45) is 0 Å². The van der Waals surface area contributed by atoms with Crippen LogP contribution in [0.4, 0.5) is 0 Å². The molecular formula is C16H21NO2. The van der Waals surface area contributed by atoms with Crippen molar-refractivity contribution >= 4 is 5.97 Å². The number of aliphatic carboxylic acids is 1. The summed E-state index contributed by atoms with van der Waals surface area (Å²) < 4.78 is 0. The Bertz CT molecular complexity index is 477. The van der Waals surface area contributed by atoms with Gasteiger partial charge >= 0.3 is 5.97 Å². The number of hydrogen-bond acceptors (Lipinski definition) is 2. The highest BCUT2D eigenvalue weighted by Crippen LogP contribution is 2.42. The molecule has 1 heterocycles. The average Bonchev–Trinajstić information content (AvgIpc) is 2.61. The van der Waals surface area contributed by atoms with Crippen LogP contribution in [0.5, 0.6) is 0 Å². The van der Waals surface area contributed by atoms with Crippen LogP contribution in [0.25, 0.3) is 0 Å². The third kappa shape index (κ3) is 1.96. The van der Waals surface area contributed by atoms with E-state index in [1.807, 2.05) is 18.2 Å². The zero-order valence-electron chi connectivity index (χ0n) is 11.3. The first-order valence-electron chi connectivity index (χ1n) is 7.32. The number of rotatable bonds is 2. The number of carbonyl (C=O) groups is 1. The zero-order chi connectivity index (χ0) is 13.3. The molecule has 2 aliphatic rings. The molecule has 0 amide bonds. The molecule has 1 unspecified atom stereocenters. The maximum absolute atomic E-state index is 12.1. The SMILES string of the molecule is O=C(O)C1(N2CCCCCC2)CCc2ccccc21. The molecule has 0 saturated carbocycles. The van der Waals surface area contributed by atoms with Gasteiger partial charge in [0.2, 0.25) is 0 Å². The van der Waals surface area contributed by atoms with E-state index in [2.05, 4.69) is 11.0 Å². The minimum atomic E-state index is -0.763. The van der Waals surface area contributed by atoms with Gasteiger partial charge in [-0.1, -0.05) is 37.1 Å². The van der Waals surface area contributed by atoms with Gasteiger partial charge in [0.05, 0.1) is 0 Å². The fourth-order valence-electron chi connectivity index (χ4n) is 3.73. The normalized spacial score (nSPS) is 27.8. The lowest BCUT2D eigenvalue weighted by atomic mass is 9.89. The van der Waals surface area contributed by atoms with Gasteiger partial charge in [-0.05, 0) is 49.9 Å². The smallest absolute Gasteiger partial charge is 0.328 e. The molecule has 1 fully saturated rings. The molecule has 1 atom stereocenters. The Balaban J connectivity index is 2.03. The van der Waals surface area contributed by atoms with E-state index >= 15 is 0 Å². The molecule has 3 nitrogen and oxygen atoms in total. The van der Waals surface area contributed by atoms with Crippen LogP contribution in [0, 0.1) is 0 Å². The quantitative estimate of drug-likeness (QED) is 0.888. The highest BCUT2D eigenvalue weighted by atomic mass is 16.4. The molecular weight excluding hydrogens is 238 g/mol. The summed E-state index contributed by atoms with van der Waals surface area (Å²) in [7, 11) is 0. The van der Waals surface area contributed by atoms with Crippen molar-refractivity contribution in [3.63, 3.8) is 0 Å². The van der Waals surface area contributed by atoms with E-state index in [4.69, 9.17) is 0 Å². The molecule has 1 aliphatic heterocycles. The number of fused-ring (bicyclic) bond motifs is 1. The highest BCUT2D eigenvalue weighted by Gasteiger charge is 2.49. The van der Waals surface area contributed by atoms with Gasteiger partial charge < -0.3 is 5.11 Å². The summed E-state index contributed by atoms with van der Waals surface area (Å²) >= 11 is 0. The average molecular weight is 259 g/mol. The number of carboxylic acids is 1. The molecule has 0 spiro atoms. The van der Waals surface area contributed by atoms with Crippen molar-refractivity contribution < 1.29 is 9.90 Å². The van der Waals surface area contributed by atoms with Crippen LogP contribution in [0.15, 0.2) is 24.3 Å². The minimum Gasteiger partial charge on any atom is -0.480 e. The summed E-state index contributed by atoms with van der Waals surface area (Å²) in [6.07, 6.45) is 6.32. The number of benzene rings is 1. The second-order valence-corrected chi connectivity index (χ2v) is 5.72. The monoisotopic (exact) mass is 259 g/mol. The van der Waals surface area contributed by atoms with Crippen molar-refractivity contribution in [3.8, 4) is 0 Å². The minimum absolute atomic E-state index is 0.667. The van der Waals surface area contributed by atoms with Crippen molar-refractivity contribution in [1.29, 1.82) is 0 Å². The van der Waals surface area contributed by atoms with E-state index in [1.54, 1.807) is 0 Å². The van der Waals surface area contributed by atoms with E-state index in [-0.39, 0.29) is 0 Å². The number of nitrogens with zero attached hydrogens (tertiary/aromatic N) is 1. The fraction of sp³-hybridized carbons (Fsp3) is 0.562. The Hall–Kier alpha value is -1.35. The lowest BCUT2D eigenvalue weighted by Crippen LogP contribution is -2.51. The molecule has 1 N–H and O–H groups in total. The van der Waals surface area contributed by atoms with Gasteiger partial charge in [-0.25, -0.2) is 4.79 Å². The van der Waals surface area contributed by atoms with Gasteiger partial charge in [0.15, 0.2) is 0 Å². The van der Waals surface area contributed by atoms with Crippen LogP contribution in [0.2, 0.25) is 0 Å². The summed E-state index contributed by atoms with van der Waals surface area (Å²) in [5.74, 6) is -0.667. The summed E-state index contributed by atoms with van der Waals surface area (Å²) in [6, 6.07) is 8.08. The second kappa shape index (κ2) is 4.97. The molecule has 3 rings (SSSR count). The van der Waals surface area contributed by atoms with Crippen LogP contribution < -0.4 is 0 Å². The zero-order valence-corrected chi connectivity index (χ0v) is 11.3. The topological polar surface area (TPSA) is 40.5 Å². The third-order valence-electron chi connectivity index (χ3n) is 4.72. The van der Waals surface area contributed by atoms with Gasteiger partial charge in [0.1, 0.15) is 5.54 Å². The van der Waals surface area contributed by atoms with Crippen molar-refractivity contribution in [2.75, 3.05) is 13.1 Å². The number of carboxylic acid groups (broad SMARTS) is 1. The summed E-state index contributed by atoms with van der Waals surface area (Å²) in [5.41, 5.74) is 1.49. The molecule has 0 aromatic heterocycles. The highest BCUT2D eigenvalue weighted by molar-refractivity contribution is 5.82. The summed E-state index contributed by atoms with van der Waals surface area (Å²) in [5, 5.41) is 9.91. The maximum atomic E-state index is 12.1. The molecule has 1 aromatic rings. The van der Waals surface area contributed by atoms with E-state index in [9.17, 15) is 9.90 Å². The predicted octanol–water partition coefficient (Wildman–Crippen LogP) is 2.79. The van der Waals surface area contributed by atoms with E-state index in [0.29, 0.717) is 0 Å². The second-order valence-electron chi connectivity index (χ2n) is 5.72. The summed E-state index contributed by atoms with van der Waals surface area (Å²) in [4.78, 5) is 14.3. The Kier molecular flexibility index (Phi) is 3.31. The first kappa shape index (κ1) is 12.7. The standard InChI is InChI=1S/C16H21NO2/c18-15(19)16(17-11-5-1-2-6-12-17)10-9-13-7-3-4-8-14(13)16/h3-4,7-8H,1-2,5-6,9-12H2,(H,18,19). The molecule has 0 radical (unpaired) electrons. The van der Waals surface area contributed by atoms with Crippen LogP contribution >= 0.6 is 0 Å². The van der Waals surface area contributed by atoms with Gasteiger partial charge in [-0.3, -0.25) is 4.90 Å². The van der Waals surface area contributed by atoms with Crippen molar-refractivity contribution in [1.82, 2.24) is 4.90 Å². The van der Waals surface area contributed by atoms with Gasteiger partial charge in [-0.2, -0.15) is 0 Å². The van der Waals surface area contributed by atoms with Gasteiger partial charge in [-0.15, -0.1) is 0 Å². The molecule has 19 heavy (non-hydrogen) atoms. The lowest BCUT2D eigenvalue weighted by Gasteiger charge is -2.38. The Morgan fingerprint density at radius 3 is 2.47 bits per heavy atom. The molecule has 1 saturated heterocycles. The number of likely N-dealkylation sites (tertiary alicyclic amines) is 1. The van der Waals surface area contributed by atoms with Crippen molar-refractivity contribution in [3.05, 3.63) is 35.4 Å². The largest absolute Gasteiger partial charge is 0.480 e. The number of hydrogen-bond donors (Lipinski definition) is 1. The van der Waals surface area contributed by atoms with E-state index < -0.39 is 11.5 Å². The maximum Gasteiger partial charge on any atom is 0.328 e. The Labute approximate surface area is 114 Å². The predicted molar refractivity (Wildman–Crippen MR) is 74.1 cm³/mol. The molecule has 1 aromatic carbocycles. The van der Waals surface area contributed by atoms with Gasteiger partial charge in [0, 0.05) is 0 Å². The molecule has 0 bridgehead atoms. The summed E-state index contributed by atoms with van der Waals surface area (Å²) in [6.45, 7) is 1.83. The van der Waals surface area contributed by atoms with Gasteiger partial charge in [0.25, 0.3) is 0 Å². The first-order chi connectivity index (χ1) is 9.25. The Morgan fingerprint density at radius 2 is 1.79 bits per heavy atom. The number of aryl methyl sites for hydroxylation is 1. The van der Waals surface area contributed by atoms with Crippen LogP contribution in [-0.4, -0.2) is 29.1 Å². The van der Waals surface area contributed by atoms with E-state index in [0.717, 1.165) is 44.3 Å².